The van der Waals surface area contributed by atoms with Gasteiger partial charge in [0.25, 0.3) is 5.91 Å². The van der Waals surface area contributed by atoms with Crippen LogP contribution in [0, 0.1) is 0 Å². The molecule has 2 N–H and O–H groups in total. The summed E-state index contributed by atoms with van der Waals surface area (Å²) in [6, 6.07) is 2.12. The number of carboxylic acids is 1. The average molecular weight is 267 g/mol. The first-order valence-corrected chi connectivity index (χ1v) is 5.81. The van der Waals surface area contributed by atoms with Crippen molar-refractivity contribution < 1.29 is 23.8 Å². The van der Waals surface area contributed by atoms with E-state index < -0.39 is 17.9 Å². The fourth-order valence-electron chi connectivity index (χ4n) is 1.44. The Morgan fingerprint density at radius 3 is 2.84 bits per heavy atom. The van der Waals surface area contributed by atoms with E-state index in [0.717, 1.165) is 0 Å². The molecule has 104 valence electrons. The molecule has 1 atom stereocenters. The fourth-order valence-corrected chi connectivity index (χ4v) is 1.44. The third-order valence-electron chi connectivity index (χ3n) is 2.38. The number of ether oxygens (including phenoxy) is 1. The van der Waals surface area contributed by atoms with E-state index >= 15 is 0 Å². The first kappa shape index (κ1) is 15.0. The van der Waals surface area contributed by atoms with Crippen LogP contribution in [0.2, 0.25) is 0 Å². The van der Waals surface area contributed by atoms with Crippen LogP contribution >= 0.6 is 0 Å². The van der Waals surface area contributed by atoms with Crippen molar-refractivity contribution in [3.05, 3.63) is 35.8 Å². The molecule has 1 rings (SSSR count). The number of rotatable bonds is 7. The SMILES string of the molecule is C/C=C/CC(NC(=O)c1ccc(COC)o1)C(=O)O. The second kappa shape index (κ2) is 7.38. The van der Waals surface area contributed by atoms with Crippen LogP contribution < -0.4 is 5.32 Å². The Kier molecular flexibility index (Phi) is 5.81. The smallest absolute Gasteiger partial charge is 0.326 e. The number of aliphatic carboxylic acids is 1. The highest BCUT2D eigenvalue weighted by molar-refractivity contribution is 5.94. The lowest BCUT2D eigenvalue weighted by atomic mass is 10.2. The quantitative estimate of drug-likeness (QED) is 0.732. The summed E-state index contributed by atoms with van der Waals surface area (Å²) in [5, 5.41) is 11.4. The van der Waals surface area contributed by atoms with Gasteiger partial charge in [-0.15, -0.1) is 0 Å². The van der Waals surface area contributed by atoms with E-state index in [1.54, 1.807) is 25.1 Å². The summed E-state index contributed by atoms with van der Waals surface area (Å²) < 4.78 is 10.1. The number of amides is 1. The number of nitrogens with one attached hydrogen (secondary N) is 1. The maximum atomic E-state index is 11.8. The highest BCUT2D eigenvalue weighted by Crippen LogP contribution is 2.09. The summed E-state index contributed by atoms with van der Waals surface area (Å²) in [7, 11) is 1.51. The van der Waals surface area contributed by atoms with Crippen molar-refractivity contribution in [2.75, 3.05) is 7.11 Å². The van der Waals surface area contributed by atoms with Crippen molar-refractivity contribution in [2.45, 2.75) is 26.0 Å². The van der Waals surface area contributed by atoms with Gasteiger partial charge in [-0.3, -0.25) is 4.79 Å². The van der Waals surface area contributed by atoms with Crippen LogP contribution in [0.15, 0.2) is 28.7 Å². The molecular weight excluding hydrogens is 250 g/mol. The second-order valence-corrected chi connectivity index (χ2v) is 3.87. The zero-order valence-electron chi connectivity index (χ0n) is 10.9. The van der Waals surface area contributed by atoms with Crippen molar-refractivity contribution in [1.82, 2.24) is 5.32 Å². The van der Waals surface area contributed by atoms with E-state index in [9.17, 15) is 9.59 Å². The zero-order chi connectivity index (χ0) is 14.3. The van der Waals surface area contributed by atoms with Crippen LogP contribution in [-0.2, 0) is 16.1 Å². The first-order chi connectivity index (χ1) is 9.08. The molecule has 0 aliphatic rings. The summed E-state index contributed by atoms with van der Waals surface area (Å²) >= 11 is 0. The normalized spacial score (nSPS) is 12.5. The van der Waals surface area contributed by atoms with Crippen LogP contribution in [0.5, 0.6) is 0 Å². The van der Waals surface area contributed by atoms with Gasteiger partial charge in [0.2, 0.25) is 0 Å². The molecular formula is C13H17NO5. The lowest BCUT2D eigenvalue weighted by Gasteiger charge is -2.11. The minimum Gasteiger partial charge on any atom is -0.480 e. The molecule has 1 unspecified atom stereocenters. The summed E-state index contributed by atoms with van der Waals surface area (Å²) in [6.45, 7) is 2.04. The van der Waals surface area contributed by atoms with Gasteiger partial charge in [0.15, 0.2) is 5.76 Å². The van der Waals surface area contributed by atoms with E-state index in [2.05, 4.69) is 5.32 Å². The number of carbonyl (C=O) groups is 2. The Morgan fingerprint density at radius 1 is 1.53 bits per heavy atom. The topological polar surface area (TPSA) is 88.8 Å². The third-order valence-corrected chi connectivity index (χ3v) is 2.38. The highest BCUT2D eigenvalue weighted by Gasteiger charge is 2.21. The molecule has 19 heavy (non-hydrogen) atoms. The van der Waals surface area contributed by atoms with Gasteiger partial charge in [-0.25, -0.2) is 4.79 Å². The van der Waals surface area contributed by atoms with E-state index in [-0.39, 0.29) is 18.8 Å². The van der Waals surface area contributed by atoms with Gasteiger partial charge in [0.1, 0.15) is 18.4 Å². The summed E-state index contributed by atoms with van der Waals surface area (Å²) in [5.74, 6) is -1.07. The molecule has 0 aromatic carbocycles. The lowest BCUT2D eigenvalue weighted by molar-refractivity contribution is -0.139. The lowest BCUT2D eigenvalue weighted by Crippen LogP contribution is -2.40. The summed E-state index contributed by atoms with van der Waals surface area (Å²) in [6.07, 6.45) is 3.63. The van der Waals surface area contributed by atoms with Crippen molar-refractivity contribution in [1.29, 1.82) is 0 Å². The zero-order valence-corrected chi connectivity index (χ0v) is 10.9. The molecule has 1 aromatic rings. The molecule has 0 saturated heterocycles. The van der Waals surface area contributed by atoms with Crippen LogP contribution in [0.4, 0.5) is 0 Å². The highest BCUT2D eigenvalue weighted by atomic mass is 16.5. The van der Waals surface area contributed by atoms with Gasteiger partial charge in [-0.05, 0) is 25.5 Å². The van der Waals surface area contributed by atoms with Gasteiger partial charge >= 0.3 is 5.97 Å². The molecule has 0 aliphatic carbocycles. The van der Waals surface area contributed by atoms with E-state index in [1.807, 2.05) is 0 Å². The molecule has 1 aromatic heterocycles. The average Bonchev–Trinajstić information content (AvgIpc) is 2.83. The molecule has 6 heteroatoms. The van der Waals surface area contributed by atoms with Crippen LogP contribution in [0.25, 0.3) is 0 Å². The maximum absolute atomic E-state index is 11.8. The van der Waals surface area contributed by atoms with Gasteiger partial charge in [-0.1, -0.05) is 12.2 Å². The minimum atomic E-state index is -1.09. The second-order valence-electron chi connectivity index (χ2n) is 3.87. The van der Waals surface area contributed by atoms with E-state index in [4.69, 9.17) is 14.3 Å². The number of carboxylic acid groups (broad SMARTS) is 1. The minimum absolute atomic E-state index is 0.0683. The molecule has 0 fully saturated rings. The summed E-state index contributed by atoms with van der Waals surface area (Å²) in [4.78, 5) is 22.8. The first-order valence-electron chi connectivity index (χ1n) is 5.81. The van der Waals surface area contributed by atoms with Crippen molar-refractivity contribution >= 4 is 11.9 Å². The van der Waals surface area contributed by atoms with Crippen LogP contribution in [-0.4, -0.2) is 30.1 Å². The molecule has 1 heterocycles. The molecule has 0 saturated carbocycles. The monoisotopic (exact) mass is 267 g/mol. The number of carbonyl (C=O) groups excluding carboxylic acids is 1. The Bertz CT molecular complexity index is 463. The number of furan rings is 1. The Morgan fingerprint density at radius 2 is 2.26 bits per heavy atom. The molecule has 0 spiro atoms. The van der Waals surface area contributed by atoms with Crippen LogP contribution in [0.3, 0.4) is 0 Å². The molecule has 6 nitrogen and oxygen atoms in total. The van der Waals surface area contributed by atoms with Gasteiger partial charge < -0.3 is 19.6 Å². The summed E-state index contributed by atoms with van der Waals surface area (Å²) in [5.41, 5.74) is 0. The third kappa shape index (κ3) is 4.59. The number of allylic oxidation sites excluding steroid dienone is 1. The van der Waals surface area contributed by atoms with Crippen molar-refractivity contribution in [3.8, 4) is 0 Å². The predicted molar refractivity (Wildman–Crippen MR) is 67.7 cm³/mol. The van der Waals surface area contributed by atoms with Crippen molar-refractivity contribution in [2.24, 2.45) is 0 Å². The van der Waals surface area contributed by atoms with Gasteiger partial charge in [-0.2, -0.15) is 0 Å². The molecule has 0 bridgehead atoms. The van der Waals surface area contributed by atoms with E-state index in [1.165, 1.54) is 13.2 Å². The van der Waals surface area contributed by atoms with Crippen LogP contribution in [0.1, 0.15) is 29.7 Å². The number of hydrogen-bond donors (Lipinski definition) is 2. The predicted octanol–water partition coefficient (Wildman–Crippen LogP) is 1.58. The van der Waals surface area contributed by atoms with E-state index in [0.29, 0.717) is 5.76 Å². The Labute approximate surface area is 111 Å². The largest absolute Gasteiger partial charge is 0.480 e. The Hall–Kier alpha value is -2.08. The molecule has 0 aliphatic heterocycles. The van der Waals surface area contributed by atoms with Gasteiger partial charge in [0, 0.05) is 7.11 Å². The Balaban J connectivity index is 2.67. The number of methoxy groups -OCH3 is 1. The molecule has 1 amide bonds. The standard InChI is InChI=1S/C13H17NO5/c1-3-4-5-10(13(16)17)14-12(15)11-7-6-9(19-11)8-18-2/h3-4,6-7,10H,5,8H2,1-2H3,(H,14,15)(H,16,17)/b4-3+. The molecule has 0 radical (unpaired) electrons. The fraction of sp³-hybridized carbons (Fsp3) is 0.385. The maximum Gasteiger partial charge on any atom is 0.326 e. The van der Waals surface area contributed by atoms with Crippen molar-refractivity contribution in [3.63, 3.8) is 0 Å². The number of hydrogen-bond acceptors (Lipinski definition) is 4. The van der Waals surface area contributed by atoms with Gasteiger partial charge in [0.05, 0.1) is 0 Å².